The van der Waals surface area contributed by atoms with Crippen molar-refractivity contribution in [3.8, 4) is 11.5 Å². The van der Waals surface area contributed by atoms with Crippen molar-refractivity contribution in [2.75, 3.05) is 20.3 Å². The fraction of sp³-hybridized carbons (Fsp3) is 0.167. The maximum atomic E-state index is 11.9. The number of imide groups is 1. The Bertz CT molecular complexity index is 791. The van der Waals surface area contributed by atoms with Crippen LogP contribution in [0.5, 0.6) is 11.5 Å². The molecule has 0 heterocycles. The SMILES string of the molecule is COc1ccc(C(=O)NC(=O)COC(=O)COc2cccc(Br)c2)cc1. The molecule has 0 bridgehead atoms. The van der Waals surface area contributed by atoms with Crippen LogP contribution in [0.3, 0.4) is 0 Å². The lowest BCUT2D eigenvalue weighted by Crippen LogP contribution is -2.34. The van der Waals surface area contributed by atoms with Crippen molar-refractivity contribution in [3.63, 3.8) is 0 Å². The van der Waals surface area contributed by atoms with Gasteiger partial charge in [0.05, 0.1) is 7.11 Å². The molecule has 0 aliphatic carbocycles. The lowest BCUT2D eigenvalue weighted by atomic mass is 10.2. The number of methoxy groups -OCH3 is 1. The van der Waals surface area contributed by atoms with Crippen molar-refractivity contribution in [3.05, 3.63) is 58.6 Å². The standard InChI is InChI=1S/C18H16BrNO6/c1-24-14-7-5-12(6-8-14)18(23)20-16(21)10-26-17(22)11-25-15-4-2-3-13(19)9-15/h2-9H,10-11H2,1H3,(H,20,21,23). The van der Waals surface area contributed by atoms with Gasteiger partial charge in [-0.3, -0.25) is 14.9 Å². The monoisotopic (exact) mass is 421 g/mol. The second-order valence-corrected chi connectivity index (χ2v) is 5.93. The summed E-state index contributed by atoms with van der Waals surface area (Å²) in [6.45, 7) is -0.932. The highest BCUT2D eigenvalue weighted by Crippen LogP contribution is 2.17. The average molecular weight is 422 g/mol. The minimum Gasteiger partial charge on any atom is -0.497 e. The Morgan fingerprint density at radius 3 is 2.38 bits per heavy atom. The molecule has 0 spiro atoms. The number of nitrogens with one attached hydrogen (secondary N) is 1. The van der Waals surface area contributed by atoms with Crippen LogP contribution >= 0.6 is 15.9 Å². The molecule has 0 aromatic heterocycles. The molecule has 0 fully saturated rings. The third-order valence-corrected chi connectivity index (χ3v) is 3.62. The van der Waals surface area contributed by atoms with Crippen molar-refractivity contribution >= 4 is 33.7 Å². The van der Waals surface area contributed by atoms with E-state index in [1.54, 1.807) is 30.3 Å². The molecule has 2 aromatic carbocycles. The number of amides is 2. The first-order valence-corrected chi connectivity index (χ1v) is 8.29. The quantitative estimate of drug-likeness (QED) is 0.689. The van der Waals surface area contributed by atoms with Crippen LogP contribution in [0.2, 0.25) is 0 Å². The molecule has 26 heavy (non-hydrogen) atoms. The summed E-state index contributed by atoms with van der Waals surface area (Å²) >= 11 is 3.28. The van der Waals surface area contributed by atoms with E-state index >= 15 is 0 Å². The number of carbonyl (C=O) groups excluding carboxylic acids is 3. The van der Waals surface area contributed by atoms with Crippen LogP contribution in [0, 0.1) is 0 Å². The molecular weight excluding hydrogens is 406 g/mol. The van der Waals surface area contributed by atoms with Gasteiger partial charge in [0, 0.05) is 10.0 Å². The van der Waals surface area contributed by atoms with Gasteiger partial charge in [-0.25, -0.2) is 4.79 Å². The fourth-order valence-electron chi connectivity index (χ4n) is 1.86. The predicted octanol–water partition coefficient (Wildman–Crippen LogP) is 2.34. The van der Waals surface area contributed by atoms with Gasteiger partial charge in [0.25, 0.3) is 11.8 Å². The first-order valence-electron chi connectivity index (χ1n) is 7.50. The van der Waals surface area contributed by atoms with Crippen molar-refractivity contribution in [2.45, 2.75) is 0 Å². The van der Waals surface area contributed by atoms with Gasteiger partial charge in [0.1, 0.15) is 11.5 Å². The van der Waals surface area contributed by atoms with Crippen LogP contribution in [-0.2, 0) is 14.3 Å². The van der Waals surface area contributed by atoms with Gasteiger partial charge in [-0.15, -0.1) is 0 Å². The number of halogens is 1. The van der Waals surface area contributed by atoms with Crippen molar-refractivity contribution in [2.24, 2.45) is 0 Å². The van der Waals surface area contributed by atoms with Crippen LogP contribution in [0.25, 0.3) is 0 Å². The zero-order valence-electron chi connectivity index (χ0n) is 13.9. The minimum absolute atomic E-state index is 0.281. The number of ether oxygens (including phenoxy) is 3. The molecular formula is C18H16BrNO6. The summed E-state index contributed by atoms with van der Waals surface area (Å²) in [5, 5.41) is 2.13. The maximum absolute atomic E-state index is 11.9. The van der Waals surface area contributed by atoms with E-state index in [9.17, 15) is 14.4 Å². The lowest BCUT2D eigenvalue weighted by molar-refractivity contribution is -0.150. The zero-order valence-corrected chi connectivity index (χ0v) is 15.4. The molecule has 0 atom stereocenters. The van der Waals surface area contributed by atoms with E-state index in [1.807, 2.05) is 6.07 Å². The molecule has 2 amide bonds. The number of esters is 1. The molecule has 2 rings (SSSR count). The molecule has 1 N–H and O–H groups in total. The second kappa shape index (κ2) is 9.57. The topological polar surface area (TPSA) is 90.9 Å². The normalized spacial score (nSPS) is 9.92. The molecule has 0 aliphatic rings. The maximum Gasteiger partial charge on any atom is 0.344 e. The molecule has 0 saturated carbocycles. The Morgan fingerprint density at radius 1 is 1.00 bits per heavy atom. The van der Waals surface area contributed by atoms with Gasteiger partial charge >= 0.3 is 5.97 Å². The van der Waals surface area contributed by atoms with Crippen LogP contribution in [0.4, 0.5) is 0 Å². The van der Waals surface area contributed by atoms with Crippen LogP contribution < -0.4 is 14.8 Å². The van der Waals surface area contributed by atoms with E-state index in [0.717, 1.165) is 4.47 Å². The number of carbonyl (C=O) groups is 3. The Kier molecular flexibility index (Phi) is 7.16. The van der Waals surface area contributed by atoms with E-state index in [-0.39, 0.29) is 12.2 Å². The molecule has 0 radical (unpaired) electrons. The second-order valence-electron chi connectivity index (χ2n) is 5.01. The first kappa shape index (κ1) is 19.5. The van der Waals surface area contributed by atoms with Crippen molar-refractivity contribution < 1.29 is 28.6 Å². The largest absolute Gasteiger partial charge is 0.497 e. The zero-order chi connectivity index (χ0) is 18.9. The summed E-state index contributed by atoms with van der Waals surface area (Å²) in [6.07, 6.45) is 0. The van der Waals surface area contributed by atoms with Crippen LogP contribution in [-0.4, -0.2) is 38.1 Å². The number of hydrogen-bond donors (Lipinski definition) is 1. The van der Waals surface area contributed by atoms with Crippen molar-refractivity contribution in [1.82, 2.24) is 5.32 Å². The lowest BCUT2D eigenvalue weighted by Gasteiger charge is -2.08. The summed E-state index contributed by atoms with van der Waals surface area (Å²) in [5.74, 6) is -0.986. The smallest absolute Gasteiger partial charge is 0.344 e. The summed E-state index contributed by atoms with van der Waals surface area (Å²) in [6, 6.07) is 13.2. The van der Waals surface area contributed by atoms with Gasteiger partial charge in [0.2, 0.25) is 0 Å². The molecule has 0 aliphatic heterocycles. The summed E-state index contributed by atoms with van der Waals surface area (Å²) < 4.78 is 15.8. The van der Waals surface area contributed by atoms with Gasteiger partial charge in [-0.2, -0.15) is 0 Å². The fourth-order valence-corrected chi connectivity index (χ4v) is 2.24. The molecule has 136 valence electrons. The third-order valence-electron chi connectivity index (χ3n) is 3.12. The van der Waals surface area contributed by atoms with Crippen LogP contribution in [0.1, 0.15) is 10.4 Å². The van der Waals surface area contributed by atoms with Gasteiger partial charge in [0.15, 0.2) is 13.2 Å². The number of benzene rings is 2. The van der Waals surface area contributed by atoms with E-state index in [2.05, 4.69) is 21.2 Å². The van der Waals surface area contributed by atoms with Gasteiger partial charge in [-0.1, -0.05) is 22.0 Å². The Labute approximate surface area is 158 Å². The summed E-state index contributed by atoms with van der Waals surface area (Å²) in [7, 11) is 1.51. The molecule has 8 heteroatoms. The van der Waals surface area contributed by atoms with E-state index in [4.69, 9.17) is 14.2 Å². The van der Waals surface area contributed by atoms with E-state index in [1.165, 1.54) is 19.2 Å². The first-order chi connectivity index (χ1) is 12.5. The highest BCUT2D eigenvalue weighted by molar-refractivity contribution is 9.10. The van der Waals surface area contributed by atoms with E-state index < -0.39 is 24.4 Å². The summed E-state index contributed by atoms with van der Waals surface area (Å²) in [4.78, 5) is 35.2. The Hall–Kier alpha value is -2.87. The van der Waals surface area contributed by atoms with Gasteiger partial charge < -0.3 is 14.2 Å². The summed E-state index contributed by atoms with van der Waals surface area (Å²) in [5.41, 5.74) is 0.281. The predicted molar refractivity (Wildman–Crippen MR) is 96.1 cm³/mol. The van der Waals surface area contributed by atoms with Crippen molar-refractivity contribution in [1.29, 1.82) is 0 Å². The Morgan fingerprint density at radius 2 is 1.73 bits per heavy atom. The van der Waals surface area contributed by atoms with Crippen LogP contribution in [0.15, 0.2) is 53.0 Å². The minimum atomic E-state index is -0.735. The number of rotatable bonds is 7. The third kappa shape index (κ3) is 6.21. The molecule has 2 aromatic rings. The molecule has 0 saturated heterocycles. The molecule has 7 nitrogen and oxygen atoms in total. The number of hydrogen-bond acceptors (Lipinski definition) is 6. The highest BCUT2D eigenvalue weighted by atomic mass is 79.9. The average Bonchev–Trinajstić information content (AvgIpc) is 2.64. The van der Waals surface area contributed by atoms with E-state index in [0.29, 0.717) is 11.5 Å². The highest BCUT2D eigenvalue weighted by Gasteiger charge is 2.13. The Balaban J connectivity index is 1.73. The molecule has 0 unspecified atom stereocenters. The van der Waals surface area contributed by atoms with Gasteiger partial charge in [-0.05, 0) is 42.5 Å².